The summed E-state index contributed by atoms with van der Waals surface area (Å²) < 4.78 is 13.4. The molecule has 0 aromatic heterocycles. The molecule has 3 aromatic rings. The molecular weight excluding hydrogens is 440 g/mol. The maximum Gasteiger partial charge on any atom is 0.185 e. The fourth-order valence-corrected chi connectivity index (χ4v) is 5.44. The lowest BCUT2D eigenvalue weighted by Gasteiger charge is -2.44. The molecular formula is C29H34N2O4. The van der Waals surface area contributed by atoms with Crippen molar-refractivity contribution in [2.45, 2.75) is 49.9 Å². The Morgan fingerprint density at radius 3 is 2.34 bits per heavy atom. The van der Waals surface area contributed by atoms with E-state index in [-0.39, 0.29) is 37.4 Å². The van der Waals surface area contributed by atoms with E-state index < -0.39 is 6.29 Å². The first-order chi connectivity index (χ1) is 17.2. The second-order valence-corrected chi connectivity index (χ2v) is 9.54. The quantitative estimate of drug-likeness (QED) is 0.446. The number of anilines is 1. The highest BCUT2D eigenvalue weighted by Crippen LogP contribution is 2.47. The van der Waals surface area contributed by atoms with Crippen LogP contribution >= 0.6 is 0 Å². The maximum absolute atomic E-state index is 9.95. The summed E-state index contributed by atoms with van der Waals surface area (Å²) in [6.45, 7) is 1.82. The van der Waals surface area contributed by atoms with Gasteiger partial charge in [-0.2, -0.15) is 0 Å². The number of benzene rings is 3. The lowest BCUT2D eigenvalue weighted by atomic mass is 9.83. The first-order valence-electron chi connectivity index (χ1n) is 12.4. The van der Waals surface area contributed by atoms with Crippen LogP contribution in [0.5, 0.6) is 0 Å². The van der Waals surface area contributed by atoms with E-state index in [0.29, 0.717) is 12.2 Å². The van der Waals surface area contributed by atoms with E-state index in [2.05, 4.69) is 29.2 Å². The lowest BCUT2D eigenvalue weighted by molar-refractivity contribution is -0.264. The van der Waals surface area contributed by atoms with E-state index in [1.165, 1.54) is 0 Å². The first kappa shape index (κ1) is 24.0. The van der Waals surface area contributed by atoms with Crippen LogP contribution in [0.1, 0.15) is 53.4 Å². The highest BCUT2D eigenvalue weighted by molar-refractivity contribution is 5.41. The molecule has 2 heterocycles. The normalized spacial score (nSPS) is 27.2. The van der Waals surface area contributed by atoms with Crippen molar-refractivity contribution in [2.75, 3.05) is 25.4 Å². The third-order valence-corrected chi connectivity index (χ3v) is 7.28. The highest BCUT2D eigenvalue weighted by atomic mass is 16.7. The van der Waals surface area contributed by atoms with Gasteiger partial charge in [0.15, 0.2) is 6.29 Å². The zero-order valence-corrected chi connectivity index (χ0v) is 19.9. The molecule has 184 valence electrons. The second kappa shape index (κ2) is 10.9. The third-order valence-electron chi connectivity index (χ3n) is 7.28. The minimum absolute atomic E-state index is 0.00305. The molecule has 6 nitrogen and oxygen atoms in total. The van der Waals surface area contributed by atoms with Gasteiger partial charge < -0.3 is 25.4 Å². The van der Waals surface area contributed by atoms with Crippen LogP contribution < -0.4 is 5.73 Å². The molecule has 0 bridgehead atoms. The van der Waals surface area contributed by atoms with Gasteiger partial charge in [0.2, 0.25) is 0 Å². The van der Waals surface area contributed by atoms with Crippen LogP contribution in [0.2, 0.25) is 0 Å². The molecule has 0 aliphatic carbocycles. The molecule has 2 fully saturated rings. The van der Waals surface area contributed by atoms with E-state index in [4.69, 9.17) is 15.2 Å². The molecule has 6 heteroatoms. The van der Waals surface area contributed by atoms with Crippen LogP contribution in [0.15, 0.2) is 78.9 Å². The Hall–Kier alpha value is -2.74. The molecule has 0 radical (unpaired) electrons. The molecule has 2 aliphatic heterocycles. The van der Waals surface area contributed by atoms with Gasteiger partial charge in [-0.15, -0.1) is 0 Å². The number of aliphatic hydroxyl groups excluding tert-OH is 2. The number of hydrogen-bond acceptors (Lipinski definition) is 6. The van der Waals surface area contributed by atoms with Crippen molar-refractivity contribution in [3.05, 3.63) is 101 Å². The number of likely N-dealkylation sites (tertiary alicyclic amines) is 1. The van der Waals surface area contributed by atoms with Gasteiger partial charge in [0, 0.05) is 29.8 Å². The Bertz CT molecular complexity index is 1090. The zero-order valence-electron chi connectivity index (χ0n) is 19.9. The van der Waals surface area contributed by atoms with Crippen molar-refractivity contribution < 1.29 is 19.7 Å². The SMILES string of the molecule is Nc1cccc(C2O[C@H](CN3CCC[C@H]3CO)[C@@H](c3ccccc3)[C@H](c3ccc(CO)cc3)O2)c1. The van der Waals surface area contributed by atoms with Gasteiger partial charge in [-0.05, 0) is 48.2 Å². The average molecular weight is 475 g/mol. The van der Waals surface area contributed by atoms with Crippen molar-refractivity contribution >= 4 is 5.69 Å². The van der Waals surface area contributed by atoms with E-state index >= 15 is 0 Å². The Kier molecular flexibility index (Phi) is 7.46. The minimum Gasteiger partial charge on any atom is -0.399 e. The van der Waals surface area contributed by atoms with Gasteiger partial charge in [-0.25, -0.2) is 0 Å². The van der Waals surface area contributed by atoms with Gasteiger partial charge in [0.25, 0.3) is 0 Å². The second-order valence-electron chi connectivity index (χ2n) is 9.54. The van der Waals surface area contributed by atoms with Crippen LogP contribution in [-0.4, -0.2) is 47.0 Å². The Morgan fingerprint density at radius 1 is 0.857 bits per heavy atom. The number of aliphatic hydroxyl groups is 2. The molecule has 0 spiro atoms. The molecule has 5 rings (SSSR count). The summed E-state index contributed by atoms with van der Waals surface area (Å²) in [4.78, 5) is 2.36. The van der Waals surface area contributed by atoms with Gasteiger partial charge in [-0.1, -0.05) is 66.7 Å². The van der Waals surface area contributed by atoms with Crippen LogP contribution in [0.25, 0.3) is 0 Å². The Labute approximate surface area is 206 Å². The van der Waals surface area contributed by atoms with E-state index in [1.54, 1.807) is 0 Å². The lowest BCUT2D eigenvalue weighted by Crippen LogP contribution is -2.46. The smallest absolute Gasteiger partial charge is 0.185 e. The fraction of sp³-hybridized carbons (Fsp3) is 0.379. The molecule has 0 saturated carbocycles. The summed E-state index contributed by atoms with van der Waals surface area (Å²) in [7, 11) is 0. The molecule has 5 atom stereocenters. The molecule has 2 saturated heterocycles. The van der Waals surface area contributed by atoms with Gasteiger partial charge in [0.1, 0.15) is 0 Å². The molecule has 4 N–H and O–H groups in total. The molecule has 2 aliphatic rings. The number of hydrogen-bond donors (Lipinski definition) is 3. The summed E-state index contributed by atoms with van der Waals surface area (Å²) in [6.07, 6.45) is 1.09. The summed E-state index contributed by atoms with van der Waals surface area (Å²) in [5, 5.41) is 19.5. The zero-order chi connectivity index (χ0) is 24.2. The topological polar surface area (TPSA) is 88.2 Å². The molecule has 0 amide bonds. The standard InChI is InChI=1S/C29H34N2O4/c30-24-9-4-8-23(16-24)29-34-26(17-31-15-5-10-25(31)19-33)27(21-6-2-1-3-7-21)28(35-29)22-13-11-20(18-32)12-14-22/h1-4,6-9,11-14,16,25-29,32-33H,5,10,15,17-19,30H2/t25-,26+,27+,28-,29?/m0/s1. The number of nitrogens with two attached hydrogens (primary N) is 1. The molecule has 1 unspecified atom stereocenters. The minimum atomic E-state index is -0.568. The van der Waals surface area contributed by atoms with Crippen LogP contribution in [0.3, 0.4) is 0 Å². The molecule has 3 aromatic carbocycles. The third kappa shape index (κ3) is 5.27. The van der Waals surface area contributed by atoms with Crippen LogP contribution in [0.4, 0.5) is 5.69 Å². The highest BCUT2D eigenvalue weighted by Gasteiger charge is 2.43. The van der Waals surface area contributed by atoms with Crippen LogP contribution in [-0.2, 0) is 16.1 Å². The van der Waals surface area contributed by atoms with Gasteiger partial charge in [0.05, 0.1) is 25.4 Å². The first-order valence-corrected chi connectivity index (χ1v) is 12.4. The number of nitrogen functional groups attached to an aromatic ring is 1. The number of nitrogens with zero attached hydrogens (tertiary/aromatic N) is 1. The summed E-state index contributed by atoms with van der Waals surface area (Å²) >= 11 is 0. The molecule has 35 heavy (non-hydrogen) atoms. The predicted octanol–water partition coefficient (Wildman–Crippen LogP) is 4.16. The number of ether oxygens (including phenoxy) is 2. The monoisotopic (exact) mass is 474 g/mol. The average Bonchev–Trinajstić information content (AvgIpc) is 3.36. The summed E-state index contributed by atoms with van der Waals surface area (Å²) in [5.41, 5.74) is 10.7. The van der Waals surface area contributed by atoms with E-state index in [0.717, 1.165) is 41.6 Å². The van der Waals surface area contributed by atoms with Gasteiger partial charge in [-0.3, -0.25) is 4.90 Å². The van der Waals surface area contributed by atoms with Gasteiger partial charge >= 0.3 is 0 Å². The maximum atomic E-state index is 9.95. The Morgan fingerprint density at radius 2 is 1.63 bits per heavy atom. The largest absolute Gasteiger partial charge is 0.399 e. The Balaban J connectivity index is 1.55. The van der Waals surface area contributed by atoms with Crippen molar-refractivity contribution in [3.63, 3.8) is 0 Å². The summed E-state index contributed by atoms with van der Waals surface area (Å²) in [5.74, 6) is -0.0478. The van der Waals surface area contributed by atoms with Crippen molar-refractivity contribution in [2.24, 2.45) is 0 Å². The van der Waals surface area contributed by atoms with E-state index in [1.807, 2.05) is 54.6 Å². The van der Waals surface area contributed by atoms with Crippen molar-refractivity contribution in [1.82, 2.24) is 4.90 Å². The van der Waals surface area contributed by atoms with Crippen molar-refractivity contribution in [1.29, 1.82) is 0 Å². The number of rotatable bonds is 7. The summed E-state index contributed by atoms with van der Waals surface area (Å²) in [6, 6.07) is 26.2. The van der Waals surface area contributed by atoms with E-state index in [9.17, 15) is 10.2 Å². The van der Waals surface area contributed by atoms with Crippen molar-refractivity contribution in [3.8, 4) is 0 Å². The fourth-order valence-electron chi connectivity index (χ4n) is 5.44. The predicted molar refractivity (Wildman–Crippen MR) is 136 cm³/mol. The van der Waals surface area contributed by atoms with Crippen LogP contribution in [0, 0.1) is 0 Å².